The van der Waals surface area contributed by atoms with Gasteiger partial charge in [-0.15, -0.1) is 0 Å². The van der Waals surface area contributed by atoms with Crippen LogP contribution in [-0.4, -0.2) is 0 Å². The molecule has 1 nitrogen and oxygen atoms in total. The molecule has 0 fully saturated rings. The number of halogens is 3. The second kappa shape index (κ2) is 4.44. The molecule has 0 aliphatic rings. The molecule has 1 aromatic carbocycles. The zero-order valence-electron chi connectivity index (χ0n) is 5.00. The van der Waals surface area contributed by atoms with Crippen molar-refractivity contribution in [1.82, 2.24) is 0 Å². The Bertz CT molecular complexity index is 214. The molecule has 0 spiro atoms. The maximum atomic E-state index is 10.7. The molecular formula is C6H2Cl3CuO. The maximum Gasteiger partial charge on any atom is 1.00 e. The Morgan fingerprint density at radius 3 is 1.82 bits per heavy atom. The van der Waals surface area contributed by atoms with E-state index in [4.69, 9.17) is 34.8 Å². The van der Waals surface area contributed by atoms with Crippen molar-refractivity contribution in [2.24, 2.45) is 0 Å². The molecule has 5 heteroatoms. The van der Waals surface area contributed by atoms with E-state index in [9.17, 15) is 5.11 Å². The zero-order chi connectivity index (χ0) is 7.72. The molecule has 1 aromatic rings. The molecule has 0 saturated heterocycles. The Balaban J connectivity index is 0.000001000. The Morgan fingerprint density at radius 1 is 0.909 bits per heavy atom. The summed E-state index contributed by atoms with van der Waals surface area (Å²) >= 11 is 16.5. The van der Waals surface area contributed by atoms with Crippen LogP contribution in [0.4, 0.5) is 0 Å². The van der Waals surface area contributed by atoms with Gasteiger partial charge < -0.3 is 5.11 Å². The van der Waals surface area contributed by atoms with Gasteiger partial charge in [0.1, 0.15) is 0 Å². The summed E-state index contributed by atoms with van der Waals surface area (Å²) < 4.78 is 0. The predicted molar refractivity (Wildman–Crippen MR) is 40.9 cm³/mol. The van der Waals surface area contributed by atoms with E-state index in [2.05, 4.69) is 0 Å². The van der Waals surface area contributed by atoms with Crippen molar-refractivity contribution in [1.29, 1.82) is 0 Å². The van der Waals surface area contributed by atoms with Gasteiger partial charge in [0.05, 0.1) is 10.0 Å². The van der Waals surface area contributed by atoms with Crippen molar-refractivity contribution >= 4 is 34.8 Å². The minimum atomic E-state index is -0.309. The second-order valence-corrected chi connectivity index (χ2v) is 2.92. The van der Waals surface area contributed by atoms with E-state index in [1.807, 2.05) is 0 Å². The Kier molecular flexibility index (Phi) is 4.60. The van der Waals surface area contributed by atoms with E-state index in [1.54, 1.807) is 0 Å². The van der Waals surface area contributed by atoms with Gasteiger partial charge in [0.25, 0.3) is 0 Å². The standard InChI is InChI=1S/C6H3Cl3O.Cu/c7-3-1-5(9)6(10)2-4(3)8;/h1-2,10H;/q;+1/p-1. The van der Waals surface area contributed by atoms with Gasteiger partial charge in [-0.2, -0.15) is 0 Å². The SMILES string of the molecule is [Cu+].[O-]c1cc(Cl)c(Cl)cc1Cl. The first-order valence-electron chi connectivity index (χ1n) is 2.43. The van der Waals surface area contributed by atoms with Gasteiger partial charge in [-0.05, 0) is 12.1 Å². The third-order valence-electron chi connectivity index (χ3n) is 0.975. The molecule has 0 radical (unpaired) electrons. The molecule has 0 unspecified atom stereocenters. The molecule has 1 rings (SSSR count). The van der Waals surface area contributed by atoms with Gasteiger partial charge in [-0.3, -0.25) is 0 Å². The quantitative estimate of drug-likeness (QED) is 0.519. The largest absolute Gasteiger partial charge is 1.00 e. The van der Waals surface area contributed by atoms with Crippen LogP contribution in [0.3, 0.4) is 0 Å². The monoisotopic (exact) mass is 258 g/mol. The first kappa shape index (κ1) is 11.4. The van der Waals surface area contributed by atoms with Crippen LogP contribution in [0.1, 0.15) is 0 Å². The van der Waals surface area contributed by atoms with Crippen molar-refractivity contribution in [3.8, 4) is 5.75 Å². The molecule has 0 saturated carbocycles. The minimum Gasteiger partial charge on any atom is -0.871 e. The molecule has 0 aromatic heterocycles. The van der Waals surface area contributed by atoms with Crippen LogP contribution in [0, 0.1) is 0 Å². The van der Waals surface area contributed by atoms with Crippen LogP contribution >= 0.6 is 34.8 Å². The second-order valence-electron chi connectivity index (χ2n) is 1.70. The predicted octanol–water partition coefficient (Wildman–Crippen LogP) is 2.72. The Labute approximate surface area is 89.7 Å². The fourth-order valence-corrected chi connectivity index (χ4v) is 1.04. The topological polar surface area (TPSA) is 23.1 Å². The number of hydrogen-bond acceptors (Lipinski definition) is 1. The number of rotatable bonds is 0. The molecule has 64 valence electrons. The molecule has 0 amide bonds. The van der Waals surface area contributed by atoms with Gasteiger partial charge >= 0.3 is 17.1 Å². The molecule has 0 heterocycles. The number of benzene rings is 1. The van der Waals surface area contributed by atoms with E-state index in [0.717, 1.165) is 0 Å². The van der Waals surface area contributed by atoms with Crippen molar-refractivity contribution < 1.29 is 22.2 Å². The van der Waals surface area contributed by atoms with Crippen molar-refractivity contribution in [2.75, 3.05) is 0 Å². The Hall–Kier alpha value is 0.409. The third-order valence-corrected chi connectivity index (χ3v) is 1.99. The zero-order valence-corrected chi connectivity index (χ0v) is 8.21. The maximum absolute atomic E-state index is 10.7. The van der Waals surface area contributed by atoms with Gasteiger partial charge in [0.15, 0.2) is 0 Å². The molecular weight excluding hydrogens is 258 g/mol. The average molecular weight is 260 g/mol. The summed E-state index contributed by atoms with van der Waals surface area (Å²) in [6.07, 6.45) is 0. The summed E-state index contributed by atoms with van der Waals surface area (Å²) in [6.45, 7) is 0. The molecule has 11 heavy (non-hydrogen) atoms. The minimum absolute atomic E-state index is 0. The molecule has 0 atom stereocenters. The molecule has 0 bridgehead atoms. The summed E-state index contributed by atoms with van der Waals surface area (Å²) in [7, 11) is 0. The van der Waals surface area contributed by atoms with E-state index < -0.39 is 0 Å². The van der Waals surface area contributed by atoms with Crippen LogP contribution < -0.4 is 5.11 Å². The van der Waals surface area contributed by atoms with Gasteiger partial charge in [0, 0.05) is 5.02 Å². The van der Waals surface area contributed by atoms with Gasteiger partial charge in [-0.1, -0.05) is 40.6 Å². The summed E-state index contributed by atoms with van der Waals surface area (Å²) in [4.78, 5) is 0. The van der Waals surface area contributed by atoms with E-state index in [0.29, 0.717) is 5.02 Å². The number of hydrogen-bond donors (Lipinski definition) is 0. The van der Waals surface area contributed by atoms with Crippen molar-refractivity contribution in [3.63, 3.8) is 0 Å². The normalized spacial score (nSPS) is 9.00. The summed E-state index contributed by atoms with van der Waals surface area (Å²) in [5.74, 6) is -0.309. The fourth-order valence-electron chi connectivity index (χ4n) is 0.504. The summed E-state index contributed by atoms with van der Waals surface area (Å²) in [6, 6.07) is 2.51. The first-order chi connectivity index (χ1) is 4.61. The molecule has 0 N–H and O–H groups in total. The van der Waals surface area contributed by atoms with Crippen LogP contribution in [0.2, 0.25) is 15.1 Å². The third kappa shape index (κ3) is 2.73. The van der Waals surface area contributed by atoms with E-state index >= 15 is 0 Å². The van der Waals surface area contributed by atoms with Crippen molar-refractivity contribution in [2.45, 2.75) is 0 Å². The Morgan fingerprint density at radius 2 is 1.36 bits per heavy atom. The smallest absolute Gasteiger partial charge is 0.871 e. The van der Waals surface area contributed by atoms with E-state index in [-0.39, 0.29) is 32.9 Å². The molecule has 0 aliphatic heterocycles. The fraction of sp³-hybridized carbons (Fsp3) is 0. The molecule has 0 aliphatic carbocycles. The average Bonchev–Trinajstić information content (AvgIpc) is 1.84. The van der Waals surface area contributed by atoms with Crippen LogP contribution in [-0.2, 0) is 17.1 Å². The van der Waals surface area contributed by atoms with E-state index in [1.165, 1.54) is 12.1 Å². The van der Waals surface area contributed by atoms with Crippen molar-refractivity contribution in [3.05, 3.63) is 27.2 Å². The summed E-state index contributed by atoms with van der Waals surface area (Å²) in [5.41, 5.74) is 0. The van der Waals surface area contributed by atoms with Gasteiger partial charge in [0.2, 0.25) is 0 Å². The summed E-state index contributed by atoms with van der Waals surface area (Å²) in [5, 5.41) is 11.3. The van der Waals surface area contributed by atoms with Crippen LogP contribution in [0.5, 0.6) is 5.75 Å². The van der Waals surface area contributed by atoms with Crippen LogP contribution in [0.15, 0.2) is 12.1 Å². The first-order valence-corrected chi connectivity index (χ1v) is 3.56. The van der Waals surface area contributed by atoms with Crippen LogP contribution in [0.25, 0.3) is 0 Å². The van der Waals surface area contributed by atoms with Gasteiger partial charge in [-0.25, -0.2) is 0 Å².